The molecule has 1 aromatic carbocycles. The summed E-state index contributed by atoms with van der Waals surface area (Å²) in [5, 5.41) is 11.9. The molecule has 2 N–H and O–H groups in total. The number of hydrogen-bond donors (Lipinski definition) is 2. The number of nitrogens with one attached hydrogen (secondary N) is 1. The van der Waals surface area contributed by atoms with Gasteiger partial charge in [-0.2, -0.15) is 0 Å². The van der Waals surface area contributed by atoms with Crippen LogP contribution < -0.4 is 5.32 Å². The highest BCUT2D eigenvalue weighted by Gasteiger charge is 2.29. The third kappa shape index (κ3) is 3.97. The minimum absolute atomic E-state index is 0.111. The largest absolute Gasteiger partial charge is 0.481 e. The van der Waals surface area contributed by atoms with Crippen molar-refractivity contribution in [2.75, 3.05) is 6.54 Å². The molecule has 2 atom stereocenters. The molecular weight excluding hydrogens is 268 g/mol. The smallest absolute Gasteiger partial charge is 0.318 e. The van der Waals surface area contributed by atoms with Crippen LogP contribution in [0.5, 0.6) is 0 Å². The van der Waals surface area contributed by atoms with Crippen molar-refractivity contribution in [3.63, 3.8) is 0 Å². The molecule has 2 unspecified atom stereocenters. The van der Waals surface area contributed by atoms with Crippen molar-refractivity contribution in [1.82, 2.24) is 10.2 Å². The van der Waals surface area contributed by atoms with E-state index in [1.54, 1.807) is 0 Å². The molecule has 21 heavy (non-hydrogen) atoms. The molecule has 1 heterocycles. The summed E-state index contributed by atoms with van der Waals surface area (Å²) in [6, 6.07) is 8.87. The van der Waals surface area contributed by atoms with Crippen LogP contribution in [-0.2, 0) is 4.79 Å². The van der Waals surface area contributed by atoms with Crippen LogP contribution in [0.3, 0.4) is 0 Å². The molecule has 0 aliphatic carbocycles. The molecule has 0 saturated carbocycles. The molecule has 2 amide bonds. The summed E-state index contributed by atoms with van der Waals surface area (Å²) < 4.78 is 0. The van der Waals surface area contributed by atoms with Crippen LogP contribution in [0.25, 0.3) is 0 Å². The minimum Gasteiger partial charge on any atom is -0.481 e. The Hall–Kier alpha value is -2.04. The summed E-state index contributed by atoms with van der Waals surface area (Å²) in [5.41, 5.74) is 0.820. The van der Waals surface area contributed by atoms with Crippen LogP contribution in [-0.4, -0.2) is 34.6 Å². The number of carboxylic acid groups (broad SMARTS) is 1. The van der Waals surface area contributed by atoms with Crippen molar-refractivity contribution in [3.05, 3.63) is 35.9 Å². The molecule has 5 heteroatoms. The van der Waals surface area contributed by atoms with E-state index in [2.05, 4.69) is 12.2 Å². The Labute approximate surface area is 125 Å². The number of carboxylic acids is 1. The minimum atomic E-state index is -0.919. The first kappa shape index (κ1) is 15.4. The van der Waals surface area contributed by atoms with Crippen molar-refractivity contribution in [2.24, 2.45) is 0 Å². The maximum absolute atomic E-state index is 12.4. The van der Waals surface area contributed by atoms with Gasteiger partial charge < -0.3 is 15.3 Å². The Balaban J connectivity index is 2.08. The molecule has 1 aromatic rings. The van der Waals surface area contributed by atoms with Crippen LogP contribution >= 0.6 is 0 Å². The van der Waals surface area contributed by atoms with Gasteiger partial charge in [0.1, 0.15) is 0 Å². The first-order valence-corrected chi connectivity index (χ1v) is 7.45. The van der Waals surface area contributed by atoms with E-state index in [1.165, 1.54) is 0 Å². The zero-order chi connectivity index (χ0) is 15.2. The highest BCUT2D eigenvalue weighted by Crippen LogP contribution is 2.22. The van der Waals surface area contributed by atoms with E-state index >= 15 is 0 Å². The van der Waals surface area contributed by atoms with Gasteiger partial charge >= 0.3 is 12.0 Å². The van der Waals surface area contributed by atoms with E-state index in [0.29, 0.717) is 0 Å². The fourth-order valence-corrected chi connectivity index (χ4v) is 2.87. The number of rotatable bonds is 5. The summed E-state index contributed by atoms with van der Waals surface area (Å²) in [5.74, 6) is -0.919. The third-order valence-electron chi connectivity index (χ3n) is 3.99. The van der Waals surface area contributed by atoms with Crippen molar-refractivity contribution in [2.45, 2.75) is 44.7 Å². The number of carbonyl (C=O) groups is 2. The number of aliphatic carboxylic acids is 1. The topological polar surface area (TPSA) is 69.6 Å². The lowest BCUT2D eigenvalue weighted by Crippen LogP contribution is -2.44. The zero-order valence-electron chi connectivity index (χ0n) is 12.3. The van der Waals surface area contributed by atoms with Crippen LogP contribution in [0.15, 0.2) is 30.3 Å². The predicted molar refractivity (Wildman–Crippen MR) is 80.0 cm³/mol. The lowest BCUT2D eigenvalue weighted by Gasteiger charge is -2.27. The molecule has 1 aliphatic heterocycles. The van der Waals surface area contributed by atoms with Crippen LogP contribution in [0.4, 0.5) is 4.79 Å². The lowest BCUT2D eigenvalue weighted by molar-refractivity contribution is -0.137. The van der Waals surface area contributed by atoms with Gasteiger partial charge in [0.15, 0.2) is 0 Å². The first-order valence-electron chi connectivity index (χ1n) is 7.45. The van der Waals surface area contributed by atoms with Gasteiger partial charge in [0.25, 0.3) is 0 Å². The molecule has 1 fully saturated rings. The molecule has 114 valence electrons. The van der Waals surface area contributed by atoms with Gasteiger partial charge in [0, 0.05) is 12.6 Å². The number of carbonyl (C=O) groups excluding carboxylic acids is 1. The molecular formula is C16H22N2O3. The Bertz CT molecular complexity index is 490. The number of hydrogen-bond acceptors (Lipinski definition) is 2. The molecule has 2 rings (SSSR count). The SMILES string of the molecule is CCC1CCCN1C(=O)NC(CC(=O)O)c1ccccc1. The molecule has 0 bridgehead atoms. The summed E-state index contributed by atoms with van der Waals surface area (Å²) in [6.07, 6.45) is 2.86. The zero-order valence-corrected chi connectivity index (χ0v) is 12.3. The van der Waals surface area contributed by atoms with E-state index < -0.39 is 12.0 Å². The standard InChI is InChI=1S/C16H22N2O3/c1-2-13-9-6-10-18(13)16(21)17-14(11-15(19)20)12-7-4-3-5-8-12/h3-5,7-8,13-14H,2,6,9-11H2,1H3,(H,17,21)(H,19,20). The average molecular weight is 290 g/mol. The number of nitrogens with zero attached hydrogens (tertiary/aromatic N) is 1. The average Bonchev–Trinajstić information content (AvgIpc) is 2.95. The maximum Gasteiger partial charge on any atom is 0.318 e. The molecule has 1 saturated heterocycles. The maximum atomic E-state index is 12.4. The normalized spacial score (nSPS) is 19.3. The highest BCUT2D eigenvalue weighted by atomic mass is 16.4. The summed E-state index contributed by atoms with van der Waals surface area (Å²) >= 11 is 0. The second-order valence-electron chi connectivity index (χ2n) is 5.41. The Kier molecular flexibility index (Phi) is 5.20. The van der Waals surface area contributed by atoms with Crippen molar-refractivity contribution < 1.29 is 14.7 Å². The monoisotopic (exact) mass is 290 g/mol. The van der Waals surface area contributed by atoms with E-state index in [-0.39, 0.29) is 18.5 Å². The van der Waals surface area contributed by atoms with E-state index in [9.17, 15) is 9.59 Å². The third-order valence-corrected chi connectivity index (χ3v) is 3.99. The second-order valence-corrected chi connectivity index (χ2v) is 5.41. The molecule has 0 radical (unpaired) electrons. The van der Waals surface area contributed by atoms with E-state index in [0.717, 1.165) is 31.4 Å². The van der Waals surface area contributed by atoms with Crippen LogP contribution in [0, 0.1) is 0 Å². The van der Waals surface area contributed by atoms with Crippen molar-refractivity contribution >= 4 is 12.0 Å². The fourth-order valence-electron chi connectivity index (χ4n) is 2.87. The molecule has 1 aliphatic rings. The van der Waals surface area contributed by atoms with E-state index in [1.807, 2.05) is 35.2 Å². The van der Waals surface area contributed by atoms with Gasteiger partial charge in [0.05, 0.1) is 12.5 Å². The summed E-state index contributed by atoms with van der Waals surface area (Å²) in [7, 11) is 0. The van der Waals surface area contributed by atoms with Gasteiger partial charge in [-0.3, -0.25) is 4.79 Å². The molecule has 5 nitrogen and oxygen atoms in total. The Morgan fingerprint density at radius 2 is 2.10 bits per heavy atom. The predicted octanol–water partition coefficient (Wildman–Crippen LogP) is 2.79. The van der Waals surface area contributed by atoms with Gasteiger partial charge in [-0.1, -0.05) is 37.3 Å². The van der Waals surface area contributed by atoms with Crippen LogP contribution in [0.2, 0.25) is 0 Å². The van der Waals surface area contributed by atoms with Crippen LogP contribution in [0.1, 0.15) is 44.2 Å². The van der Waals surface area contributed by atoms with Gasteiger partial charge in [-0.05, 0) is 24.8 Å². The fraction of sp³-hybridized carbons (Fsp3) is 0.500. The van der Waals surface area contributed by atoms with Gasteiger partial charge in [-0.25, -0.2) is 4.79 Å². The van der Waals surface area contributed by atoms with Gasteiger partial charge in [0.2, 0.25) is 0 Å². The van der Waals surface area contributed by atoms with Crippen molar-refractivity contribution in [3.8, 4) is 0 Å². The van der Waals surface area contributed by atoms with E-state index in [4.69, 9.17) is 5.11 Å². The Morgan fingerprint density at radius 1 is 1.38 bits per heavy atom. The highest BCUT2D eigenvalue weighted by molar-refractivity contribution is 5.77. The first-order chi connectivity index (χ1) is 10.1. The number of amides is 2. The number of benzene rings is 1. The summed E-state index contributed by atoms with van der Waals surface area (Å²) in [4.78, 5) is 25.3. The lowest BCUT2D eigenvalue weighted by atomic mass is 10.0. The molecule has 0 aromatic heterocycles. The van der Waals surface area contributed by atoms with Crippen molar-refractivity contribution in [1.29, 1.82) is 0 Å². The second kappa shape index (κ2) is 7.11. The quantitative estimate of drug-likeness (QED) is 0.876. The Morgan fingerprint density at radius 3 is 2.71 bits per heavy atom. The number of likely N-dealkylation sites (tertiary alicyclic amines) is 1. The van der Waals surface area contributed by atoms with Gasteiger partial charge in [-0.15, -0.1) is 0 Å². The summed E-state index contributed by atoms with van der Waals surface area (Å²) in [6.45, 7) is 2.82. The number of urea groups is 1. The molecule has 0 spiro atoms.